The van der Waals surface area contributed by atoms with Crippen molar-refractivity contribution in [2.24, 2.45) is 11.8 Å². The molecular formula is C22H29NO6. The van der Waals surface area contributed by atoms with Crippen LogP contribution in [0, 0.1) is 11.8 Å². The summed E-state index contributed by atoms with van der Waals surface area (Å²) in [6.45, 7) is 0.971. The third-order valence-electron chi connectivity index (χ3n) is 6.21. The standard InChI is InChI=1S/C22H29NO6/c1-21(28)17(12-13-24)19(26)23-22(21,18(25)16-10-6-3-7-11-16)20(27)29-14-15-8-4-2-5-9-15/h2,4-6,8-10,16-18,24-25,28H,3,7,11-14H2,1H3,(H,23,26)/t16-,17+,18+,21+,22+/m1/s1. The predicted molar refractivity (Wildman–Crippen MR) is 105 cm³/mol. The van der Waals surface area contributed by atoms with E-state index < -0.39 is 41.0 Å². The molecule has 1 aliphatic carbocycles. The number of amides is 1. The van der Waals surface area contributed by atoms with Crippen molar-refractivity contribution in [3.05, 3.63) is 48.0 Å². The van der Waals surface area contributed by atoms with Crippen LogP contribution in [-0.4, -0.2) is 51.0 Å². The zero-order valence-corrected chi connectivity index (χ0v) is 16.6. The number of aliphatic hydroxyl groups excluding tert-OH is 2. The minimum atomic E-state index is -2.02. The van der Waals surface area contributed by atoms with E-state index in [4.69, 9.17) is 4.74 Å². The van der Waals surface area contributed by atoms with Crippen LogP contribution in [0.25, 0.3) is 0 Å². The summed E-state index contributed by atoms with van der Waals surface area (Å²) in [6.07, 6.45) is 4.69. The molecule has 0 aromatic heterocycles. The number of hydrogen-bond acceptors (Lipinski definition) is 6. The van der Waals surface area contributed by atoms with Crippen molar-refractivity contribution >= 4 is 11.9 Å². The molecule has 158 valence electrons. The number of esters is 1. The average molecular weight is 403 g/mol. The van der Waals surface area contributed by atoms with Crippen LogP contribution in [0.15, 0.2) is 42.5 Å². The van der Waals surface area contributed by atoms with Crippen molar-refractivity contribution in [2.75, 3.05) is 6.61 Å². The monoisotopic (exact) mass is 403 g/mol. The van der Waals surface area contributed by atoms with Crippen molar-refractivity contribution < 1.29 is 29.6 Å². The maximum absolute atomic E-state index is 13.3. The maximum atomic E-state index is 13.3. The molecule has 1 amide bonds. The molecule has 1 heterocycles. The van der Waals surface area contributed by atoms with E-state index in [2.05, 4.69) is 5.32 Å². The first-order valence-corrected chi connectivity index (χ1v) is 10.1. The Kier molecular flexibility index (Phi) is 6.41. The Balaban J connectivity index is 1.95. The number of rotatable bonds is 7. The van der Waals surface area contributed by atoms with Crippen molar-refractivity contribution in [2.45, 2.75) is 56.5 Å². The van der Waals surface area contributed by atoms with Gasteiger partial charge >= 0.3 is 5.97 Å². The highest BCUT2D eigenvalue weighted by atomic mass is 16.5. The summed E-state index contributed by atoms with van der Waals surface area (Å²) in [7, 11) is 0. The van der Waals surface area contributed by atoms with Gasteiger partial charge in [0, 0.05) is 12.5 Å². The Labute approximate surface area is 170 Å². The number of allylic oxidation sites excluding steroid dienone is 1. The average Bonchev–Trinajstić information content (AvgIpc) is 2.94. The molecule has 2 aliphatic rings. The highest BCUT2D eigenvalue weighted by Crippen LogP contribution is 2.44. The molecule has 1 aromatic rings. The zero-order valence-electron chi connectivity index (χ0n) is 16.6. The van der Waals surface area contributed by atoms with Gasteiger partial charge in [0.1, 0.15) is 12.2 Å². The molecule has 0 spiro atoms. The summed E-state index contributed by atoms with van der Waals surface area (Å²) in [6, 6.07) is 9.05. The Morgan fingerprint density at radius 1 is 1.34 bits per heavy atom. The van der Waals surface area contributed by atoms with Gasteiger partial charge in [-0.1, -0.05) is 42.5 Å². The fourth-order valence-corrected chi connectivity index (χ4v) is 4.49. The van der Waals surface area contributed by atoms with Crippen molar-refractivity contribution in [3.8, 4) is 0 Å². The molecule has 0 radical (unpaired) electrons. The van der Waals surface area contributed by atoms with Crippen LogP contribution in [0.4, 0.5) is 0 Å². The number of aliphatic hydroxyl groups is 3. The Morgan fingerprint density at radius 3 is 2.69 bits per heavy atom. The lowest BCUT2D eigenvalue weighted by molar-refractivity contribution is -0.178. The number of ether oxygens (including phenoxy) is 1. The van der Waals surface area contributed by atoms with E-state index in [0.29, 0.717) is 6.42 Å². The molecule has 0 unspecified atom stereocenters. The summed E-state index contributed by atoms with van der Waals surface area (Å²) in [5.74, 6) is -2.92. The summed E-state index contributed by atoms with van der Waals surface area (Å²) in [5, 5.41) is 34.5. The third kappa shape index (κ3) is 3.82. The van der Waals surface area contributed by atoms with Crippen LogP contribution in [0.5, 0.6) is 0 Å². The van der Waals surface area contributed by atoms with Gasteiger partial charge in [0.2, 0.25) is 5.91 Å². The smallest absolute Gasteiger partial charge is 0.338 e. The van der Waals surface area contributed by atoms with E-state index in [9.17, 15) is 24.9 Å². The van der Waals surface area contributed by atoms with Crippen LogP contribution in [0.2, 0.25) is 0 Å². The number of benzene rings is 1. The summed E-state index contributed by atoms with van der Waals surface area (Å²) < 4.78 is 5.48. The van der Waals surface area contributed by atoms with Crippen LogP contribution >= 0.6 is 0 Å². The van der Waals surface area contributed by atoms with Crippen molar-refractivity contribution in [1.82, 2.24) is 5.32 Å². The maximum Gasteiger partial charge on any atom is 0.338 e. The van der Waals surface area contributed by atoms with Crippen molar-refractivity contribution in [1.29, 1.82) is 0 Å². The summed E-state index contributed by atoms with van der Waals surface area (Å²) >= 11 is 0. The zero-order chi connectivity index (χ0) is 21.1. The lowest BCUT2D eigenvalue weighted by atomic mass is 9.68. The minimum Gasteiger partial charge on any atom is -0.459 e. The molecule has 29 heavy (non-hydrogen) atoms. The van der Waals surface area contributed by atoms with Gasteiger partial charge in [-0.25, -0.2) is 4.79 Å². The fraction of sp³-hybridized carbons (Fsp3) is 0.545. The first-order chi connectivity index (χ1) is 13.8. The highest BCUT2D eigenvalue weighted by Gasteiger charge is 2.69. The Hall–Kier alpha value is -2.22. The topological polar surface area (TPSA) is 116 Å². The molecule has 1 aromatic carbocycles. The van der Waals surface area contributed by atoms with E-state index in [1.54, 1.807) is 12.1 Å². The number of carbonyl (C=O) groups is 2. The van der Waals surface area contributed by atoms with E-state index in [1.165, 1.54) is 6.92 Å². The van der Waals surface area contributed by atoms with Crippen molar-refractivity contribution in [3.63, 3.8) is 0 Å². The Morgan fingerprint density at radius 2 is 2.07 bits per heavy atom. The normalized spacial score (nSPS) is 32.6. The molecular weight excluding hydrogens is 374 g/mol. The van der Waals surface area contributed by atoms with E-state index in [1.807, 2.05) is 30.4 Å². The molecule has 5 atom stereocenters. The van der Waals surface area contributed by atoms with Gasteiger partial charge in [-0.05, 0) is 38.2 Å². The second kappa shape index (κ2) is 8.65. The largest absolute Gasteiger partial charge is 0.459 e. The van der Waals surface area contributed by atoms with Crippen LogP contribution in [0.1, 0.15) is 38.2 Å². The lowest BCUT2D eigenvalue weighted by Gasteiger charge is -2.44. The minimum absolute atomic E-state index is 0.0280. The summed E-state index contributed by atoms with van der Waals surface area (Å²) in [5.41, 5.74) is -3.21. The van der Waals surface area contributed by atoms with E-state index in [-0.39, 0.29) is 19.6 Å². The lowest BCUT2D eigenvalue weighted by Crippen LogP contribution is -2.70. The van der Waals surface area contributed by atoms with Gasteiger partial charge in [-0.15, -0.1) is 0 Å². The van der Waals surface area contributed by atoms with Gasteiger partial charge in [-0.3, -0.25) is 4.79 Å². The number of hydrogen-bond donors (Lipinski definition) is 4. The molecule has 7 heteroatoms. The quantitative estimate of drug-likeness (QED) is 0.400. The van der Waals surface area contributed by atoms with Gasteiger partial charge in [0.15, 0.2) is 5.54 Å². The van der Waals surface area contributed by atoms with Crippen LogP contribution in [-0.2, 0) is 20.9 Å². The second-order valence-electron chi connectivity index (χ2n) is 8.04. The fourth-order valence-electron chi connectivity index (χ4n) is 4.49. The molecule has 1 fully saturated rings. The summed E-state index contributed by atoms with van der Waals surface area (Å²) in [4.78, 5) is 25.9. The molecule has 7 nitrogen and oxygen atoms in total. The first-order valence-electron chi connectivity index (χ1n) is 10.1. The van der Waals surface area contributed by atoms with Gasteiger partial charge in [0.05, 0.1) is 12.0 Å². The van der Waals surface area contributed by atoms with E-state index in [0.717, 1.165) is 18.4 Å². The van der Waals surface area contributed by atoms with E-state index >= 15 is 0 Å². The molecule has 0 bridgehead atoms. The molecule has 0 saturated carbocycles. The van der Waals surface area contributed by atoms with Gasteiger partial charge in [-0.2, -0.15) is 0 Å². The number of carbonyl (C=O) groups excluding carboxylic acids is 2. The highest BCUT2D eigenvalue weighted by molar-refractivity contribution is 5.96. The van der Waals surface area contributed by atoms with Gasteiger partial charge in [0.25, 0.3) is 0 Å². The second-order valence-corrected chi connectivity index (χ2v) is 8.04. The SMILES string of the molecule is C[C@]1(O)[C@@H](CCO)C(=O)N[C@]1(C(=O)OCc1ccccc1)[C@@H](O)[C@@H]1C=CCCC1. The van der Waals surface area contributed by atoms with Crippen LogP contribution < -0.4 is 5.32 Å². The molecule has 3 rings (SSSR count). The van der Waals surface area contributed by atoms with Crippen LogP contribution in [0.3, 0.4) is 0 Å². The van der Waals surface area contributed by atoms with Gasteiger partial charge < -0.3 is 25.4 Å². The predicted octanol–water partition coefficient (Wildman–Crippen LogP) is 1.07. The molecule has 1 aliphatic heterocycles. The first kappa shape index (κ1) is 21.5. The number of nitrogens with one attached hydrogen (secondary N) is 1. The Bertz CT molecular complexity index is 762. The molecule has 1 saturated heterocycles. The third-order valence-corrected chi connectivity index (χ3v) is 6.21. The molecule has 4 N–H and O–H groups in total.